The standard InChI is InChI=1S/C17H19NO5S/c1-21-9-10-23-13-5-3-12(4-6-13)11-15(19)18-16-8-7-14(24-16)17(20)22-2/h3-8H,9-11H2,1-2H3,(H,18,19). The number of methoxy groups -OCH3 is 2. The van der Waals surface area contributed by atoms with Crippen LogP contribution in [0.4, 0.5) is 5.00 Å². The molecule has 0 aliphatic heterocycles. The van der Waals surface area contributed by atoms with Gasteiger partial charge in [0.25, 0.3) is 0 Å². The Bertz CT molecular complexity index is 681. The van der Waals surface area contributed by atoms with Gasteiger partial charge in [0, 0.05) is 7.11 Å². The maximum absolute atomic E-state index is 12.1. The fourth-order valence-corrected chi connectivity index (χ4v) is 2.77. The molecular weight excluding hydrogens is 330 g/mol. The van der Waals surface area contributed by atoms with Crippen LogP contribution in [0, 0.1) is 0 Å². The summed E-state index contributed by atoms with van der Waals surface area (Å²) in [6, 6.07) is 10.6. The second-order valence-electron chi connectivity index (χ2n) is 4.87. The SMILES string of the molecule is COCCOc1ccc(CC(=O)Nc2ccc(C(=O)OC)s2)cc1. The largest absolute Gasteiger partial charge is 0.491 e. The van der Waals surface area contributed by atoms with Crippen molar-refractivity contribution in [3.63, 3.8) is 0 Å². The number of carbonyl (C=O) groups excluding carboxylic acids is 2. The van der Waals surface area contributed by atoms with Crippen LogP contribution >= 0.6 is 11.3 Å². The van der Waals surface area contributed by atoms with Crippen molar-refractivity contribution >= 4 is 28.2 Å². The van der Waals surface area contributed by atoms with Gasteiger partial charge in [-0.05, 0) is 29.8 Å². The van der Waals surface area contributed by atoms with E-state index in [0.717, 1.165) is 11.3 Å². The Balaban J connectivity index is 1.85. The number of carbonyl (C=O) groups is 2. The van der Waals surface area contributed by atoms with Crippen molar-refractivity contribution in [3.8, 4) is 5.75 Å². The number of rotatable bonds is 8. The first-order chi connectivity index (χ1) is 11.6. The van der Waals surface area contributed by atoms with Crippen LogP contribution in [0.5, 0.6) is 5.75 Å². The van der Waals surface area contributed by atoms with E-state index >= 15 is 0 Å². The van der Waals surface area contributed by atoms with E-state index in [1.807, 2.05) is 24.3 Å². The van der Waals surface area contributed by atoms with E-state index in [-0.39, 0.29) is 12.3 Å². The lowest BCUT2D eigenvalue weighted by atomic mass is 10.1. The van der Waals surface area contributed by atoms with Gasteiger partial charge < -0.3 is 19.5 Å². The van der Waals surface area contributed by atoms with Crippen LogP contribution in [0.2, 0.25) is 0 Å². The van der Waals surface area contributed by atoms with Gasteiger partial charge in [-0.3, -0.25) is 4.79 Å². The quantitative estimate of drug-likeness (QED) is 0.586. The van der Waals surface area contributed by atoms with E-state index < -0.39 is 5.97 Å². The number of hydrogen-bond acceptors (Lipinski definition) is 6. The van der Waals surface area contributed by atoms with Crippen LogP contribution in [0.3, 0.4) is 0 Å². The van der Waals surface area contributed by atoms with Gasteiger partial charge in [0.15, 0.2) is 0 Å². The summed E-state index contributed by atoms with van der Waals surface area (Å²) in [4.78, 5) is 23.9. The van der Waals surface area contributed by atoms with Crippen LogP contribution in [0.25, 0.3) is 0 Å². The van der Waals surface area contributed by atoms with Crippen molar-refractivity contribution in [2.45, 2.75) is 6.42 Å². The summed E-state index contributed by atoms with van der Waals surface area (Å²) in [6.07, 6.45) is 0.240. The van der Waals surface area contributed by atoms with Crippen molar-refractivity contribution in [3.05, 3.63) is 46.8 Å². The molecule has 0 bridgehead atoms. The molecule has 2 rings (SSSR count). The van der Waals surface area contributed by atoms with Crippen LogP contribution in [-0.4, -0.2) is 39.3 Å². The lowest BCUT2D eigenvalue weighted by Gasteiger charge is -2.07. The smallest absolute Gasteiger partial charge is 0.348 e. The first-order valence-corrected chi connectivity index (χ1v) is 8.12. The third kappa shape index (κ3) is 5.36. The maximum Gasteiger partial charge on any atom is 0.348 e. The molecule has 0 radical (unpaired) electrons. The molecule has 7 heteroatoms. The highest BCUT2D eigenvalue weighted by Gasteiger charge is 2.11. The normalized spacial score (nSPS) is 10.2. The minimum absolute atomic E-state index is 0.152. The van der Waals surface area contributed by atoms with Crippen molar-refractivity contribution in [2.75, 3.05) is 32.8 Å². The highest BCUT2D eigenvalue weighted by molar-refractivity contribution is 7.18. The molecule has 0 aliphatic rings. The molecule has 0 aliphatic carbocycles. The average Bonchev–Trinajstić information content (AvgIpc) is 3.04. The molecule has 1 heterocycles. The third-order valence-electron chi connectivity index (χ3n) is 3.10. The second kappa shape index (κ2) is 9.05. The van der Waals surface area contributed by atoms with E-state index in [1.165, 1.54) is 18.4 Å². The third-order valence-corrected chi connectivity index (χ3v) is 4.08. The van der Waals surface area contributed by atoms with Crippen molar-refractivity contribution in [1.29, 1.82) is 0 Å². The number of hydrogen-bond donors (Lipinski definition) is 1. The zero-order valence-corrected chi connectivity index (χ0v) is 14.4. The molecule has 1 aromatic carbocycles. The van der Waals surface area contributed by atoms with Gasteiger partial charge in [-0.2, -0.15) is 0 Å². The molecule has 128 valence electrons. The van der Waals surface area contributed by atoms with Crippen LogP contribution in [0.1, 0.15) is 15.2 Å². The van der Waals surface area contributed by atoms with Gasteiger partial charge in [-0.25, -0.2) is 4.79 Å². The lowest BCUT2D eigenvalue weighted by Crippen LogP contribution is -2.13. The maximum atomic E-state index is 12.1. The molecule has 24 heavy (non-hydrogen) atoms. The van der Waals surface area contributed by atoms with Crippen LogP contribution < -0.4 is 10.1 Å². The van der Waals surface area contributed by atoms with Gasteiger partial charge in [-0.15, -0.1) is 11.3 Å². The Hall–Kier alpha value is -2.38. The Kier molecular flexibility index (Phi) is 6.77. The Morgan fingerprint density at radius 2 is 1.79 bits per heavy atom. The van der Waals surface area contributed by atoms with E-state index in [4.69, 9.17) is 9.47 Å². The highest BCUT2D eigenvalue weighted by atomic mass is 32.1. The number of ether oxygens (including phenoxy) is 3. The zero-order chi connectivity index (χ0) is 17.4. The Morgan fingerprint density at radius 3 is 2.46 bits per heavy atom. The number of anilines is 1. The predicted octanol–water partition coefficient (Wildman–Crippen LogP) is 2.74. The summed E-state index contributed by atoms with van der Waals surface area (Å²) in [5.74, 6) is 0.170. The Morgan fingerprint density at radius 1 is 1.04 bits per heavy atom. The number of esters is 1. The molecule has 1 aromatic heterocycles. The van der Waals surface area contributed by atoms with Gasteiger partial charge in [0.1, 0.15) is 17.2 Å². The molecule has 0 spiro atoms. The molecule has 0 saturated heterocycles. The van der Waals surface area contributed by atoms with E-state index in [9.17, 15) is 9.59 Å². The first kappa shape index (κ1) is 18.0. The minimum atomic E-state index is -0.412. The fourth-order valence-electron chi connectivity index (χ4n) is 1.93. The molecule has 2 aromatic rings. The van der Waals surface area contributed by atoms with Gasteiger partial charge in [0.05, 0.1) is 25.1 Å². The monoisotopic (exact) mass is 349 g/mol. The molecule has 0 fully saturated rings. The van der Waals surface area contributed by atoms with Crippen LogP contribution in [0.15, 0.2) is 36.4 Å². The Labute approximate surface area is 144 Å². The molecule has 0 unspecified atom stereocenters. The number of amides is 1. The van der Waals surface area contributed by atoms with Crippen molar-refractivity contribution in [1.82, 2.24) is 0 Å². The summed E-state index contributed by atoms with van der Waals surface area (Å²) < 4.78 is 15.0. The number of thiophene rings is 1. The summed E-state index contributed by atoms with van der Waals surface area (Å²) in [5, 5.41) is 3.38. The van der Waals surface area contributed by atoms with E-state index in [2.05, 4.69) is 10.1 Å². The average molecular weight is 349 g/mol. The molecular formula is C17H19NO5S. The predicted molar refractivity (Wildman–Crippen MR) is 91.8 cm³/mol. The topological polar surface area (TPSA) is 73.9 Å². The first-order valence-electron chi connectivity index (χ1n) is 7.31. The molecule has 1 N–H and O–H groups in total. The molecule has 6 nitrogen and oxygen atoms in total. The summed E-state index contributed by atoms with van der Waals surface area (Å²) in [6.45, 7) is 1.01. The number of nitrogens with one attached hydrogen (secondary N) is 1. The van der Waals surface area contributed by atoms with Gasteiger partial charge in [0.2, 0.25) is 5.91 Å². The molecule has 0 atom stereocenters. The minimum Gasteiger partial charge on any atom is -0.491 e. The van der Waals surface area contributed by atoms with Crippen molar-refractivity contribution in [2.24, 2.45) is 0 Å². The summed E-state index contributed by atoms with van der Waals surface area (Å²) in [5.41, 5.74) is 0.872. The van der Waals surface area contributed by atoms with Gasteiger partial charge >= 0.3 is 5.97 Å². The summed E-state index contributed by atoms with van der Waals surface area (Å²) in [7, 11) is 2.94. The molecule has 0 saturated carbocycles. The van der Waals surface area contributed by atoms with E-state index in [0.29, 0.717) is 23.1 Å². The highest BCUT2D eigenvalue weighted by Crippen LogP contribution is 2.22. The van der Waals surface area contributed by atoms with E-state index in [1.54, 1.807) is 19.2 Å². The van der Waals surface area contributed by atoms with Gasteiger partial charge in [-0.1, -0.05) is 12.1 Å². The van der Waals surface area contributed by atoms with Crippen LogP contribution in [-0.2, 0) is 20.7 Å². The second-order valence-corrected chi connectivity index (χ2v) is 5.95. The zero-order valence-electron chi connectivity index (χ0n) is 13.5. The fraction of sp³-hybridized carbons (Fsp3) is 0.294. The number of benzene rings is 1. The van der Waals surface area contributed by atoms with Crippen molar-refractivity contribution < 1.29 is 23.8 Å². The summed E-state index contributed by atoms with van der Waals surface area (Å²) >= 11 is 1.18. The lowest BCUT2D eigenvalue weighted by molar-refractivity contribution is -0.115. The molecule has 1 amide bonds.